The van der Waals surface area contributed by atoms with Crippen LogP contribution in [0.1, 0.15) is 56.4 Å². The molecule has 0 atom stereocenters. The summed E-state index contributed by atoms with van der Waals surface area (Å²) in [6.07, 6.45) is 4.29. The second-order valence-corrected chi connectivity index (χ2v) is 11.8. The summed E-state index contributed by atoms with van der Waals surface area (Å²) in [4.78, 5) is 17.6. The predicted octanol–water partition coefficient (Wildman–Crippen LogP) is 4.23. The average Bonchev–Trinajstić information content (AvgIpc) is 3.42. The Balaban J connectivity index is 1.49. The number of ether oxygens (including phenoxy) is 1. The molecule has 0 N–H and O–H groups in total. The maximum Gasteiger partial charge on any atom is 0.165 e. The number of sulfone groups is 1. The Morgan fingerprint density at radius 3 is 2.66 bits per heavy atom. The molecule has 2 aromatic heterocycles. The van der Waals surface area contributed by atoms with Crippen LogP contribution in [0.5, 0.6) is 5.75 Å². The zero-order chi connectivity index (χ0) is 22.7. The van der Waals surface area contributed by atoms with Gasteiger partial charge in [0.1, 0.15) is 17.0 Å². The van der Waals surface area contributed by atoms with Gasteiger partial charge in [0.25, 0.3) is 0 Å². The van der Waals surface area contributed by atoms with Gasteiger partial charge in [0.05, 0.1) is 23.1 Å². The smallest absolute Gasteiger partial charge is 0.165 e. The van der Waals surface area contributed by atoms with Crippen LogP contribution in [-0.2, 0) is 9.84 Å². The third-order valence-corrected chi connectivity index (χ3v) is 8.29. The third-order valence-electron chi connectivity index (χ3n) is 6.02. The lowest BCUT2D eigenvalue weighted by atomic mass is 9.86. The summed E-state index contributed by atoms with van der Waals surface area (Å²) in [7, 11) is -3.00. The Bertz CT molecular complexity index is 1310. The average molecular weight is 454 g/mol. The molecule has 1 aromatic carbocycles. The van der Waals surface area contributed by atoms with Crippen molar-refractivity contribution in [2.75, 3.05) is 11.5 Å². The molecule has 1 aliphatic heterocycles. The molecule has 0 radical (unpaired) electrons. The highest BCUT2D eigenvalue weighted by Crippen LogP contribution is 2.37. The van der Waals surface area contributed by atoms with E-state index in [2.05, 4.69) is 4.98 Å². The summed E-state index contributed by atoms with van der Waals surface area (Å²) in [5.41, 5.74) is 3.20. The van der Waals surface area contributed by atoms with Crippen LogP contribution in [0.15, 0.2) is 36.5 Å². The Labute approximate surface area is 187 Å². The van der Waals surface area contributed by atoms with E-state index in [0.717, 1.165) is 40.9 Å². The summed E-state index contributed by atoms with van der Waals surface area (Å²) >= 11 is 0. The molecule has 8 heteroatoms. The minimum Gasteiger partial charge on any atom is -0.490 e. The van der Waals surface area contributed by atoms with Crippen molar-refractivity contribution in [3.8, 4) is 17.0 Å². The Morgan fingerprint density at radius 1 is 1.25 bits per heavy atom. The van der Waals surface area contributed by atoms with Gasteiger partial charge in [-0.3, -0.25) is 14.5 Å². The molecule has 7 nitrogen and oxygen atoms in total. The highest BCUT2D eigenvalue weighted by molar-refractivity contribution is 7.92. The third kappa shape index (κ3) is 4.03. The van der Waals surface area contributed by atoms with Gasteiger partial charge in [0, 0.05) is 35.2 Å². The molecule has 1 aliphatic carbocycles. The molecular weight excluding hydrogens is 426 g/mol. The molecular formula is C24H27N3O4S. The standard InChI is InChI=1S/C24H27N3O4S/c1-15(2)27-20-10-17(21(28)11-24(3)13-32(29,30)14-24)12-25-23(20)22(26-27)16-5-4-6-19(9-16)31-18-7-8-18/h4-6,9-10,12,15,18H,7-8,11,13-14H2,1-3H3. The number of rotatable bonds is 7. The zero-order valence-electron chi connectivity index (χ0n) is 18.5. The number of carbonyl (C=O) groups excluding carboxylic acids is 1. The first-order valence-electron chi connectivity index (χ1n) is 11.0. The topological polar surface area (TPSA) is 91.2 Å². The number of fused-ring (bicyclic) bond motifs is 1. The fraction of sp³-hybridized carbons (Fsp3) is 0.458. The van der Waals surface area contributed by atoms with Gasteiger partial charge in [-0.2, -0.15) is 5.10 Å². The van der Waals surface area contributed by atoms with E-state index in [9.17, 15) is 13.2 Å². The molecule has 2 aliphatic rings. The Hall–Kier alpha value is -2.74. The van der Waals surface area contributed by atoms with Crippen molar-refractivity contribution in [3.63, 3.8) is 0 Å². The largest absolute Gasteiger partial charge is 0.490 e. The molecule has 5 rings (SSSR count). The summed E-state index contributed by atoms with van der Waals surface area (Å²) in [6, 6.07) is 9.81. The second kappa shape index (κ2) is 7.40. The van der Waals surface area contributed by atoms with Crippen molar-refractivity contribution in [1.29, 1.82) is 0 Å². The van der Waals surface area contributed by atoms with E-state index in [4.69, 9.17) is 9.84 Å². The van der Waals surface area contributed by atoms with Crippen LogP contribution >= 0.6 is 0 Å². The van der Waals surface area contributed by atoms with Gasteiger partial charge in [-0.25, -0.2) is 8.42 Å². The highest BCUT2D eigenvalue weighted by atomic mass is 32.2. The summed E-state index contributed by atoms with van der Waals surface area (Å²) in [5, 5.41) is 4.82. The summed E-state index contributed by atoms with van der Waals surface area (Å²) in [5.74, 6) is 0.867. The molecule has 2 fully saturated rings. The van der Waals surface area contributed by atoms with E-state index < -0.39 is 15.3 Å². The number of aromatic nitrogens is 3. The SMILES string of the molecule is CC(C)n1nc(-c2cccc(OC3CC3)c2)c2ncc(C(=O)CC3(C)CS(=O)(=O)C3)cc21. The van der Waals surface area contributed by atoms with Crippen LogP contribution in [0.3, 0.4) is 0 Å². The van der Waals surface area contributed by atoms with Crippen molar-refractivity contribution >= 4 is 26.7 Å². The van der Waals surface area contributed by atoms with Gasteiger partial charge in [-0.1, -0.05) is 19.1 Å². The first kappa shape index (κ1) is 21.1. The minimum absolute atomic E-state index is 0.0642. The predicted molar refractivity (Wildman–Crippen MR) is 123 cm³/mol. The molecule has 0 bridgehead atoms. The van der Waals surface area contributed by atoms with Gasteiger partial charge in [-0.05, 0) is 44.9 Å². The van der Waals surface area contributed by atoms with Gasteiger partial charge in [0.15, 0.2) is 15.6 Å². The van der Waals surface area contributed by atoms with Gasteiger partial charge in [-0.15, -0.1) is 0 Å². The Kier molecular flexibility index (Phi) is 4.89. The van der Waals surface area contributed by atoms with Crippen molar-refractivity contribution < 1.29 is 17.9 Å². The van der Waals surface area contributed by atoms with Crippen LogP contribution < -0.4 is 4.74 Å². The van der Waals surface area contributed by atoms with Crippen molar-refractivity contribution in [3.05, 3.63) is 42.1 Å². The normalized spacial score (nSPS) is 19.1. The number of Topliss-reactive ketones (excluding diaryl/α,β-unsaturated/α-hetero) is 1. The van der Waals surface area contributed by atoms with Crippen molar-refractivity contribution in [1.82, 2.24) is 14.8 Å². The summed E-state index contributed by atoms with van der Waals surface area (Å²) < 4.78 is 31.0. The molecule has 32 heavy (non-hydrogen) atoms. The van der Waals surface area contributed by atoms with E-state index in [1.165, 1.54) is 0 Å². The maximum atomic E-state index is 12.9. The highest BCUT2D eigenvalue weighted by Gasteiger charge is 2.45. The number of pyridine rings is 1. The fourth-order valence-electron chi connectivity index (χ4n) is 4.47. The van der Waals surface area contributed by atoms with Crippen LogP contribution in [0.25, 0.3) is 22.3 Å². The van der Waals surface area contributed by atoms with E-state index in [-0.39, 0.29) is 29.8 Å². The van der Waals surface area contributed by atoms with E-state index >= 15 is 0 Å². The minimum atomic E-state index is -3.00. The molecule has 168 valence electrons. The second-order valence-electron chi connectivity index (χ2n) is 9.77. The van der Waals surface area contributed by atoms with E-state index in [1.54, 1.807) is 6.20 Å². The van der Waals surface area contributed by atoms with Crippen molar-refractivity contribution in [2.24, 2.45) is 5.41 Å². The lowest BCUT2D eigenvalue weighted by molar-refractivity contribution is 0.0936. The molecule has 1 saturated carbocycles. The number of ketones is 1. The number of carbonyl (C=O) groups is 1. The molecule has 3 heterocycles. The van der Waals surface area contributed by atoms with Gasteiger partial charge < -0.3 is 4.74 Å². The quantitative estimate of drug-likeness (QED) is 0.497. The van der Waals surface area contributed by atoms with Crippen LogP contribution in [0.2, 0.25) is 0 Å². The lowest BCUT2D eigenvalue weighted by Crippen LogP contribution is -2.47. The monoisotopic (exact) mass is 453 g/mol. The molecule has 1 saturated heterocycles. The zero-order valence-corrected chi connectivity index (χ0v) is 19.4. The first-order chi connectivity index (χ1) is 15.1. The van der Waals surface area contributed by atoms with E-state index in [1.807, 2.05) is 55.8 Å². The first-order valence-corrected chi connectivity index (χ1v) is 12.8. The van der Waals surface area contributed by atoms with Crippen LogP contribution in [0.4, 0.5) is 0 Å². The Morgan fingerprint density at radius 2 is 2.00 bits per heavy atom. The van der Waals surface area contributed by atoms with Crippen LogP contribution in [0, 0.1) is 5.41 Å². The van der Waals surface area contributed by atoms with Crippen molar-refractivity contribution in [2.45, 2.75) is 52.2 Å². The van der Waals surface area contributed by atoms with Crippen LogP contribution in [-0.4, -0.2) is 46.6 Å². The maximum absolute atomic E-state index is 12.9. The molecule has 0 amide bonds. The number of hydrogen-bond donors (Lipinski definition) is 0. The fourth-order valence-corrected chi connectivity index (χ4v) is 6.71. The number of benzene rings is 1. The van der Waals surface area contributed by atoms with Gasteiger partial charge in [0.2, 0.25) is 0 Å². The lowest BCUT2D eigenvalue weighted by Gasteiger charge is -2.37. The van der Waals surface area contributed by atoms with E-state index in [0.29, 0.717) is 11.7 Å². The summed E-state index contributed by atoms with van der Waals surface area (Å²) in [6.45, 7) is 5.93. The molecule has 0 unspecified atom stereocenters. The molecule has 3 aromatic rings. The number of nitrogens with zero attached hydrogens (tertiary/aromatic N) is 3. The molecule has 0 spiro atoms. The number of hydrogen-bond acceptors (Lipinski definition) is 6. The van der Waals surface area contributed by atoms with Gasteiger partial charge >= 0.3 is 0 Å².